The van der Waals surface area contributed by atoms with Gasteiger partial charge in [0.1, 0.15) is 5.78 Å². The van der Waals surface area contributed by atoms with Crippen molar-refractivity contribution in [3.8, 4) is 0 Å². The molecule has 2 unspecified atom stereocenters. The minimum Gasteiger partial charge on any atom is -0.342 e. The molecule has 1 heterocycles. The first-order chi connectivity index (χ1) is 9.67. The molecule has 2 aliphatic rings. The molecule has 0 bridgehead atoms. The van der Waals surface area contributed by atoms with Gasteiger partial charge in [-0.1, -0.05) is 6.42 Å². The minimum absolute atomic E-state index is 0.194. The third kappa shape index (κ3) is 3.40. The van der Waals surface area contributed by atoms with Gasteiger partial charge in [-0.25, -0.2) is 0 Å². The van der Waals surface area contributed by atoms with Crippen molar-refractivity contribution in [3.63, 3.8) is 0 Å². The van der Waals surface area contributed by atoms with Gasteiger partial charge in [0.15, 0.2) is 0 Å². The van der Waals surface area contributed by atoms with Crippen LogP contribution in [-0.2, 0) is 9.59 Å². The molecule has 2 fully saturated rings. The van der Waals surface area contributed by atoms with Crippen molar-refractivity contribution in [1.82, 2.24) is 9.80 Å². The predicted molar refractivity (Wildman–Crippen MR) is 79.5 cm³/mol. The number of hydrogen-bond acceptors (Lipinski definition) is 3. The van der Waals surface area contributed by atoms with Crippen LogP contribution in [0, 0.1) is 5.92 Å². The molecule has 0 aromatic rings. The van der Waals surface area contributed by atoms with Crippen molar-refractivity contribution in [3.05, 3.63) is 0 Å². The summed E-state index contributed by atoms with van der Waals surface area (Å²) < 4.78 is 0. The zero-order chi connectivity index (χ0) is 14.5. The van der Waals surface area contributed by atoms with Crippen LogP contribution in [0.4, 0.5) is 0 Å². The number of rotatable bonds is 5. The molecule has 0 aromatic carbocycles. The Bertz CT molecular complexity index is 352. The average molecular weight is 280 g/mol. The molecular formula is C16H28N2O2. The molecule has 1 saturated heterocycles. The van der Waals surface area contributed by atoms with E-state index in [-0.39, 0.29) is 11.8 Å². The fourth-order valence-electron chi connectivity index (χ4n) is 3.77. The second kappa shape index (κ2) is 7.21. The molecule has 2 rings (SSSR count). The summed E-state index contributed by atoms with van der Waals surface area (Å²) in [6.07, 6.45) is 6.26. The minimum atomic E-state index is 0.194. The van der Waals surface area contributed by atoms with Gasteiger partial charge in [0.25, 0.3) is 0 Å². The highest BCUT2D eigenvalue weighted by molar-refractivity contribution is 5.84. The zero-order valence-electron chi connectivity index (χ0n) is 12.9. The van der Waals surface area contributed by atoms with Gasteiger partial charge in [-0.2, -0.15) is 0 Å². The first-order valence-corrected chi connectivity index (χ1v) is 8.21. The van der Waals surface area contributed by atoms with E-state index < -0.39 is 0 Å². The van der Waals surface area contributed by atoms with Gasteiger partial charge in [0, 0.05) is 31.5 Å². The zero-order valence-corrected chi connectivity index (χ0v) is 12.9. The molecule has 114 valence electrons. The molecule has 0 radical (unpaired) electrons. The molecule has 0 spiro atoms. The summed E-state index contributed by atoms with van der Waals surface area (Å²) >= 11 is 0. The highest BCUT2D eigenvalue weighted by Gasteiger charge is 2.37. The molecule has 1 aliphatic heterocycles. The van der Waals surface area contributed by atoms with Gasteiger partial charge in [-0.15, -0.1) is 0 Å². The van der Waals surface area contributed by atoms with Crippen molar-refractivity contribution >= 4 is 11.7 Å². The van der Waals surface area contributed by atoms with Crippen molar-refractivity contribution in [2.75, 3.05) is 26.2 Å². The number of nitrogens with zero attached hydrogens (tertiary/aromatic N) is 2. The fourth-order valence-corrected chi connectivity index (χ4v) is 3.77. The third-order valence-corrected chi connectivity index (χ3v) is 4.94. The molecule has 2 atom stereocenters. The number of amides is 1. The summed E-state index contributed by atoms with van der Waals surface area (Å²) in [5.41, 5.74) is 0. The highest BCUT2D eigenvalue weighted by Crippen LogP contribution is 2.32. The first kappa shape index (κ1) is 15.5. The molecule has 0 N–H and O–H groups in total. The van der Waals surface area contributed by atoms with Crippen LogP contribution in [0.15, 0.2) is 0 Å². The number of Topliss-reactive ketones (excluding diaryl/α,β-unsaturated/α-hetero) is 1. The van der Waals surface area contributed by atoms with Crippen molar-refractivity contribution in [2.45, 2.75) is 58.4 Å². The maximum Gasteiger partial charge on any atom is 0.236 e. The lowest BCUT2D eigenvalue weighted by Crippen LogP contribution is -2.50. The van der Waals surface area contributed by atoms with Gasteiger partial charge in [0.2, 0.25) is 5.91 Å². The van der Waals surface area contributed by atoms with Crippen LogP contribution in [0.5, 0.6) is 0 Å². The van der Waals surface area contributed by atoms with Gasteiger partial charge < -0.3 is 4.90 Å². The Hall–Kier alpha value is -0.900. The van der Waals surface area contributed by atoms with E-state index in [1.165, 1.54) is 6.42 Å². The molecule has 1 aliphatic carbocycles. The van der Waals surface area contributed by atoms with Crippen LogP contribution >= 0.6 is 0 Å². The molecular weight excluding hydrogens is 252 g/mol. The van der Waals surface area contributed by atoms with Crippen LogP contribution in [0.3, 0.4) is 0 Å². The molecule has 4 nitrogen and oxygen atoms in total. The smallest absolute Gasteiger partial charge is 0.236 e. The summed E-state index contributed by atoms with van der Waals surface area (Å²) in [4.78, 5) is 28.5. The molecule has 20 heavy (non-hydrogen) atoms. The quantitative estimate of drug-likeness (QED) is 0.774. The Labute approximate surface area is 122 Å². The molecule has 1 amide bonds. The Balaban J connectivity index is 1.99. The fraction of sp³-hybridized carbons (Fsp3) is 0.875. The number of carbonyl (C=O) groups is 2. The van der Waals surface area contributed by atoms with E-state index >= 15 is 0 Å². The van der Waals surface area contributed by atoms with Crippen LogP contribution in [0.1, 0.15) is 52.4 Å². The maximum atomic E-state index is 12.3. The Morgan fingerprint density at radius 2 is 1.95 bits per heavy atom. The van der Waals surface area contributed by atoms with Crippen LogP contribution in [0.25, 0.3) is 0 Å². The van der Waals surface area contributed by atoms with Crippen molar-refractivity contribution < 1.29 is 9.59 Å². The van der Waals surface area contributed by atoms with E-state index in [9.17, 15) is 9.59 Å². The van der Waals surface area contributed by atoms with Crippen LogP contribution in [0.2, 0.25) is 0 Å². The van der Waals surface area contributed by atoms with E-state index in [0.717, 1.165) is 51.7 Å². The van der Waals surface area contributed by atoms with Crippen LogP contribution < -0.4 is 0 Å². The number of hydrogen-bond donors (Lipinski definition) is 0. The van der Waals surface area contributed by atoms with Gasteiger partial charge in [0.05, 0.1) is 6.54 Å². The monoisotopic (exact) mass is 280 g/mol. The first-order valence-electron chi connectivity index (χ1n) is 8.21. The Morgan fingerprint density at radius 1 is 1.20 bits per heavy atom. The largest absolute Gasteiger partial charge is 0.342 e. The third-order valence-electron chi connectivity index (χ3n) is 4.94. The summed E-state index contributed by atoms with van der Waals surface area (Å²) in [5, 5.41) is 0. The summed E-state index contributed by atoms with van der Waals surface area (Å²) in [6.45, 7) is 7.06. The van der Waals surface area contributed by atoms with Crippen molar-refractivity contribution in [1.29, 1.82) is 0 Å². The van der Waals surface area contributed by atoms with Gasteiger partial charge in [-0.05, 0) is 46.1 Å². The number of piperidine rings is 1. The summed E-state index contributed by atoms with van der Waals surface area (Å²) in [5.74, 6) is 0.837. The van der Waals surface area contributed by atoms with Gasteiger partial charge in [-0.3, -0.25) is 14.5 Å². The van der Waals surface area contributed by atoms with E-state index in [0.29, 0.717) is 18.4 Å². The molecule has 4 heteroatoms. The summed E-state index contributed by atoms with van der Waals surface area (Å²) in [6, 6.07) is 0.318. The second-order valence-corrected chi connectivity index (χ2v) is 6.06. The highest BCUT2D eigenvalue weighted by atomic mass is 16.2. The lowest BCUT2D eigenvalue weighted by molar-refractivity contribution is -0.134. The Morgan fingerprint density at radius 3 is 2.55 bits per heavy atom. The number of likely N-dealkylation sites (N-methyl/N-ethyl adjacent to an activating group) is 1. The Kier molecular flexibility index (Phi) is 5.58. The number of likely N-dealkylation sites (tertiary alicyclic amines) is 1. The lowest BCUT2D eigenvalue weighted by Gasteiger charge is -2.39. The van der Waals surface area contributed by atoms with E-state index in [1.807, 2.05) is 18.7 Å². The molecule has 1 saturated carbocycles. The standard InChI is InChI=1S/C16H28N2O2/c1-3-17(4-2)16(20)12-18-11-6-5-9-14(18)13-8-7-10-15(13)19/h13-14H,3-12H2,1-2H3. The van der Waals surface area contributed by atoms with Crippen molar-refractivity contribution in [2.24, 2.45) is 5.92 Å². The predicted octanol–water partition coefficient (Wildman–Crippen LogP) is 2.08. The number of ketones is 1. The SMILES string of the molecule is CCN(CC)C(=O)CN1CCCCC1C1CCCC1=O. The van der Waals surface area contributed by atoms with Crippen LogP contribution in [-0.4, -0.2) is 53.7 Å². The van der Waals surface area contributed by atoms with E-state index in [2.05, 4.69) is 4.90 Å². The lowest BCUT2D eigenvalue weighted by atomic mass is 9.88. The topological polar surface area (TPSA) is 40.6 Å². The molecule has 0 aromatic heterocycles. The second-order valence-electron chi connectivity index (χ2n) is 6.06. The normalized spacial score (nSPS) is 27.8. The number of carbonyl (C=O) groups excluding carboxylic acids is 2. The van der Waals surface area contributed by atoms with E-state index in [4.69, 9.17) is 0 Å². The van der Waals surface area contributed by atoms with E-state index in [1.54, 1.807) is 0 Å². The summed E-state index contributed by atoms with van der Waals surface area (Å²) in [7, 11) is 0. The maximum absolute atomic E-state index is 12.3. The van der Waals surface area contributed by atoms with Gasteiger partial charge >= 0.3 is 0 Å². The average Bonchev–Trinajstić information content (AvgIpc) is 2.87.